The van der Waals surface area contributed by atoms with E-state index >= 15 is 0 Å². The lowest BCUT2D eigenvalue weighted by Crippen LogP contribution is -1.92. The number of ether oxygens (including phenoxy) is 2. The number of benzene rings is 11. The van der Waals surface area contributed by atoms with E-state index in [-0.39, 0.29) is 0 Å². The topological polar surface area (TPSA) is 38.7 Å². The van der Waals surface area contributed by atoms with Crippen LogP contribution in [0.15, 0.2) is 258 Å². The number of hydrogen-bond donors (Lipinski definition) is 1. The molecule has 0 amide bonds. The lowest BCUT2D eigenvalue weighted by Gasteiger charge is -2.17. The molecule has 11 aromatic rings. The van der Waals surface area contributed by atoms with Crippen LogP contribution in [0.5, 0.6) is 28.7 Å². The second kappa shape index (κ2) is 20.4. The Bertz CT molecular complexity index is 3200. The highest BCUT2D eigenvalue weighted by atomic mass is 79.9. The van der Waals surface area contributed by atoms with Gasteiger partial charge in [-0.15, -0.1) is 0 Å². The zero-order valence-corrected chi connectivity index (χ0v) is 38.4. The maximum atomic E-state index is 10.1. The van der Waals surface area contributed by atoms with E-state index in [9.17, 15) is 5.11 Å². The number of aromatic hydroxyl groups is 1. The third-order valence-corrected chi connectivity index (χ3v) is 11.9. The largest absolute Gasteiger partial charge is 0.507 e. The second-order valence-electron chi connectivity index (χ2n) is 15.2. The molecule has 11 rings (SSSR count). The van der Waals surface area contributed by atoms with Gasteiger partial charge in [0.05, 0.1) is 0 Å². The first kappa shape index (κ1) is 42.8. The smallest absolute Gasteiger partial charge is 0.135 e. The standard InChI is InChI=1S/C38H26O2.C16H12O.C6H4Br2/c1-3-14-29(15-4-1)37-33-20-9-7-12-27(33)22-24-35(37)39-31-18-11-19-32(26-31)40-36-25-23-28-13-8-10-21-34(28)38(36)30-16-5-2-6-17-30;17-15-11-10-12-6-4-5-9-14(12)16(15)13-7-2-1-3-8-13;7-5-2-1-3-6(8)4-5/h1-26H;1-11,17H;1-4H. The fourth-order valence-electron chi connectivity index (χ4n) is 7.96. The van der Waals surface area contributed by atoms with Gasteiger partial charge in [-0.3, -0.25) is 0 Å². The van der Waals surface area contributed by atoms with Crippen LogP contribution >= 0.6 is 31.9 Å². The van der Waals surface area contributed by atoms with Gasteiger partial charge in [-0.2, -0.15) is 0 Å². The highest BCUT2D eigenvalue weighted by Crippen LogP contribution is 2.42. The summed E-state index contributed by atoms with van der Waals surface area (Å²) in [7, 11) is 0. The van der Waals surface area contributed by atoms with Crippen LogP contribution in [0.1, 0.15) is 0 Å². The molecule has 0 fully saturated rings. The van der Waals surface area contributed by atoms with Gasteiger partial charge in [0.15, 0.2) is 0 Å². The molecule has 0 unspecified atom stereocenters. The van der Waals surface area contributed by atoms with Crippen LogP contribution in [0.25, 0.3) is 65.7 Å². The Labute approximate surface area is 396 Å². The number of halogens is 2. The van der Waals surface area contributed by atoms with Crippen molar-refractivity contribution in [1.29, 1.82) is 0 Å². The summed E-state index contributed by atoms with van der Waals surface area (Å²) in [4.78, 5) is 0. The van der Waals surface area contributed by atoms with Crippen molar-refractivity contribution in [1.82, 2.24) is 0 Å². The lowest BCUT2D eigenvalue weighted by atomic mass is 9.97. The monoisotopic (exact) mass is 968 g/mol. The number of rotatable bonds is 7. The van der Waals surface area contributed by atoms with Crippen molar-refractivity contribution in [3.05, 3.63) is 258 Å². The van der Waals surface area contributed by atoms with Gasteiger partial charge in [0, 0.05) is 31.7 Å². The fourth-order valence-corrected chi connectivity index (χ4v) is 9.07. The highest BCUT2D eigenvalue weighted by molar-refractivity contribution is 9.11. The van der Waals surface area contributed by atoms with Crippen molar-refractivity contribution in [2.24, 2.45) is 0 Å². The minimum Gasteiger partial charge on any atom is -0.507 e. The molecule has 0 saturated carbocycles. The van der Waals surface area contributed by atoms with E-state index < -0.39 is 0 Å². The lowest BCUT2D eigenvalue weighted by molar-refractivity contribution is 0.462. The van der Waals surface area contributed by atoms with Crippen LogP contribution in [0.4, 0.5) is 0 Å². The van der Waals surface area contributed by atoms with Crippen molar-refractivity contribution in [2.45, 2.75) is 0 Å². The summed E-state index contributed by atoms with van der Waals surface area (Å²) in [5.74, 6) is 3.37. The maximum Gasteiger partial charge on any atom is 0.135 e. The Morgan fingerprint density at radius 2 is 0.646 bits per heavy atom. The second-order valence-corrected chi connectivity index (χ2v) is 17.0. The molecule has 1 N–H and O–H groups in total. The van der Waals surface area contributed by atoms with E-state index in [1.165, 1.54) is 10.8 Å². The van der Waals surface area contributed by atoms with Gasteiger partial charge in [-0.05, 0) is 97.5 Å². The third kappa shape index (κ3) is 10.2. The van der Waals surface area contributed by atoms with Gasteiger partial charge in [-0.25, -0.2) is 0 Å². The Hall–Kier alpha value is -7.44. The molecule has 0 spiro atoms. The SMILES string of the molecule is Brc1cccc(Br)c1.Oc1ccc2ccccc2c1-c1ccccc1.c1ccc(-c2c(Oc3cccc(Oc4ccc5ccccc5c4-c4ccccc4)c3)ccc3ccccc23)cc1. The van der Waals surface area contributed by atoms with Crippen molar-refractivity contribution < 1.29 is 14.6 Å². The molecule has 0 radical (unpaired) electrons. The Morgan fingerprint density at radius 1 is 0.292 bits per heavy atom. The third-order valence-electron chi connectivity index (χ3n) is 10.9. The molecule has 0 aliphatic carbocycles. The number of fused-ring (bicyclic) bond motifs is 3. The molecule has 0 bridgehead atoms. The van der Waals surface area contributed by atoms with Gasteiger partial charge >= 0.3 is 0 Å². The normalized spacial score (nSPS) is 10.7. The summed E-state index contributed by atoms with van der Waals surface area (Å²) in [6.45, 7) is 0. The first-order valence-electron chi connectivity index (χ1n) is 21.3. The van der Waals surface area contributed by atoms with Crippen molar-refractivity contribution >= 4 is 64.2 Å². The van der Waals surface area contributed by atoms with E-state index in [1.807, 2.05) is 115 Å². The molecule has 0 heterocycles. The molecule has 5 heteroatoms. The molecule has 3 nitrogen and oxygen atoms in total. The first-order valence-corrected chi connectivity index (χ1v) is 22.8. The van der Waals surface area contributed by atoms with Crippen LogP contribution in [-0.4, -0.2) is 5.11 Å². The summed E-state index contributed by atoms with van der Waals surface area (Å²) in [6.07, 6.45) is 0. The van der Waals surface area contributed by atoms with E-state index in [0.717, 1.165) is 75.4 Å². The summed E-state index contributed by atoms with van der Waals surface area (Å²) >= 11 is 6.66. The van der Waals surface area contributed by atoms with Gasteiger partial charge in [0.25, 0.3) is 0 Å². The van der Waals surface area contributed by atoms with Crippen molar-refractivity contribution in [3.63, 3.8) is 0 Å². The van der Waals surface area contributed by atoms with Crippen molar-refractivity contribution in [3.8, 4) is 62.1 Å². The molecule has 0 saturated heterocycles. The maximum absolute atomic E-state index is 10.1. The molecule has 0 aromatic heterocycles. The molecule has 11 aromatic carbocycles. The van der Waals surface area contributed by atoms with Crippen LogP contribution in [-0.2, 0) is 0 Å². The van der Waals surface area contributed by atoms with Gasteiger partial charge in [0.1, 0.15) is 28.7 Å². The zero-order valence-electron chi connectivity index (χ0n) is 35.2. The molecule has 65 heavy (non-hydrogen) atoms. The molecule has 0 aliphatic rings. The number of hydrogen-bond acceptors (Lipinski definition) is 3. The Morgan fingerprint density at radius 3 is 1.06 bits per heavy atom. The van der Waals surface area contributed by atoms with Crippen LogP contribution < -0.4 is 9.47 Å². The van der Waals surface area contributed by atoms with Crippen LogP contribution in [0, 0.1) is 0 Å². The number of phenolic OH excluding ortho intramolecular Hbond substituents is 1. The van der Waals surface area contributed by atoms with Gasteiger partial charge in [-0.1, -0.05) is 226 Å². The molecular weight excluding hydrogens is 928 g/mol. The predicted octanol–water partition coefficient (Wildman–Crippen LogP) is 18.3. The highest BCUT2D eigenvalue weighted by Gasteiger charge is 2.15. The minimum atomic E-state index is 0.329. The minimum absolute atomic E-state index is 0.329. The molecule has 0 aliphatic heterocycles. The average Bonchev–Trinajstić information content (AvgIpc) is 3.35. The van der Waals surface area contributed by atoms with E-state index in [1.54, 1.807) is 6.07 Å². The zero-order chi connectivity index (χ0) is 44.4. The Balaban J connectivity index is 0.000000173. The average molecular weight is 971 g/mol. The number of phenols is 1. The molecule has 0 atom stereocenters. The Kier molecular flexibility index (Phi) is 13.4. The molecular formula is C60H42Br2O3. The fraction of sp³-hybridized carbons (Fsp3) is 0. The van der Waals surface area contributed by atoms with E-state index in [0.29, 0.717) is 17.2 Å². The molecule has 314 valence electrons. The van der Waals surface area contributed by atoms with Gasteiger partial charge < -0.3 is 14.6 Å². The summed E-state index contributed by atoms with van der Waals surface area (Å²) in [5.41, 5.74) is 6.33. The first-order chi connectivity index (χ1) is 32.0. The van der Waals surface area contributed by atoms with Crippen molar-refractivity contribution in [2.75, 3.05) is 0 Å². The summed E-state index contributed by atoms with van der Waals surface area (Å²) in [6, 6.07) is 83.5. The van der Waals surface area contributed by atoms with Crippen LogP contribution in [0.2, 0.25) is 0 Å². The predicted molar refractivity (Wildman–Crippen MR) is 278 cm³/mol. The van der Waals surface area contributed by atoms with Gasteiger partial charge in [0.2, 0.25) is 0 Å². The summed E-state index contributed by atoms with van der Waals surface area (Å²) < 4.78 is 15.3. The van der Waals surface area contributed by atoms with Crippen LogP contribution in [0.3, 0.4) is 0 Å². The van der Waals surface area contributed by atoms with E-state index in [2.05, 4.69) is 159 Å². The van der Waals surface area contributed by atoms with E-state index in [4.69, 9.17) is 9.47 Å². The quantitative estimate of drug-likeness (QED) is 0.173. The summed E-state index contributed by atoms with van der Waals surface area (Å²) in [5, 5.41) is 16.9.